The van der Waals surface area contributed by atoms with Crippen molar-refractivity contribution < 1.29 is 5.11 Å². The van der Waals surface area contributed by atoms with Gasteiger partial charge in [-0.15, -0.1) is 0 Å². The third kappa shape index (κ3) is 4.40. The molecule has 1 N–H and O–H groups in total. The lowest BCUT2D eigenvalue weighted by molar-refractivity contribution is 0.0941. The van der Waals surface area contributed by atoms with Gasteiger partial charge in [0.1, 0.15) is 0 Å². The fraction of sp³-hybridized carbons (Fsp3) is 0.765. The molecule has 1 aliphatic carbocycles. The van der Waals surface area contributed by atoms with E-state index in [0.717, 1.165) is 57.4 Å². The van der Waals surface area contributed by atoms with E-state index in [-0.39, 0.29) is 6.10 Å². The minimum Gasteiger partial charge on any atom is -0.392 e. The Morgan fingerprint density at radius 2 is 1.82 bits per heavy atom. The first-order valence-corrected chi connectivity index (χ1v) is 8.73. The number of aromatic nitrogens is 2. The van der Waals surface area contributed by atoms with Gasteiger partial charge in [-0.1, -0.05) is 25.7 Å². The lowest BCUT2D eigenvalue weighted by atomic mass is 10.00. The molecule has 1 atom stereocenters. The molecule has 0 aromatic carbocycles. The number of anilines is 1. The van der Waals surface area contributed by atoms with E-state index in [2.05, 4.69) is 19.8 Å². The van der Waals surface area contributed by atoms with Crippen LogP contribution in [-0.2, 0) is 0 Å². The summed E-state index contributed by atoms with van der Waals surface area (Å²) in [6.45, 7) is 4.81. The van der Waals surface area contributed by atoms with Crippen molar-refractivity contribution in [3.8, 4) is 0 Å². The molecular formula is C17H28N4O. The summed E-state index contributed by atoms with van der Waals surface area (Å²) in [5, 5.41) is 10.4. The number of hydrogen-bond donors (Lipinski definition) is 1. The summed E-state index contributed by atoms with van der Waals surface area (Å²) >= 11 is 0. The first-order valence-electron chi connectivity index (χ1n) is 8.73. The second-order valence-electron chi connectivity index (χ2n) is 6.73. The van der Waals surface area contributed by atoms with Crippen LogP contribution in [0, 0.1) is 5.92 Å². The lowest BCUT2D eigenvalue weighted by Gasteiger charge is -2.25. The molecular weight excluding hydrogens is 276 g/mol. The van der Waals surface area contributed by atoms with E-state index >= 15 is 0 Å². The SMILES string of the molecule is OC(CC1CCCC1)CN1CCCN(c2ncccn2)CC1. The van der Waals surface area contributed by atoms with E-state index in [1.165, 1.54) is 25.7 Å². The summed E-state index contributed by atoms with van der Waals surface area (Å²) in [5.74, 6) is 1.59. The van der Waals surface area contributed by atoms with Gasteiger partial charge < -0.3 is 10.0 Å². The van der Waals surface area contributed by atoms with Crippen LogP contribution in [0.4, 0.5) is 5.95 Å². The number of β-amino-alcohol motifs (C(OH)–C–C–N with tert-alkyl or cyclic N) is 1. The molecule has 2 fully saturated rings. The Labute approximate surface area is 133 Å². The normalized spacial score (nSPS) is 22.7. The van der Waals surface area contributed by atoms with Gasteiger partial charge in [0.05, 0.1) is 6.10 Å². The summed E-state index contributed by atoms with van der Waals surface area (Å²) in [5.41, 5.74) is 0. The minimum absolute atomic E-state index is 0.164. The number of rotatable bonds is 5. The van der Waals surface area contributed by atoms with Crippen LogP contribution >= 0.6 is 0 Å². The second-order valence-corrected chi connectivity index (χ2v) is 6.73. The Bertz CT molecular complexity index is 436. The van der Waals surface area contributed by atoms with Crippen LogP contribution in [0.25, 0.3) is 0 Å². The molecule has 2 aliphatic rings. The van der Waals surface area contributed by atoms with Crippen molar-refractivity contribution in [2.24, 2.45) is 5.92 Å². The van der Waals surface area contributed by atoms with Crippen LogP contribution in [-0.4, -0.2) is 58.8 Å². The van der Waals surface area contributed by atoms with Crippen LogP contribution in [0.2, 0.25) is 0 Å². The van der Waals surface area contributed by atoms with E-state index in [0.29, 0.717) is 0 Å². The molecule has 1 saturated carbocycles. The van der Waals surface area contributed by atoms with Crippen molar-refractivity contribution in [3.05, 3.63) is 18.5 Å². The second kappa shape index (κ2) is 7.88. The van der Waals surface area contributed by atoms with Gasteiger partial charge in [0, 0.05) is 38.6 Å². The monoisotopic (exact) mass is 304 g/mol. The molecule has 2 heterocycles. The Hall–Kier alpha value is -1.20. The van der Waals surface area contributed by atoms with Crippen molar-refractivity contribution in [1.29, 1.82) is 0 Å². The number of hydrogen-bond acceptors (Lipinski definition) is 5. The molecule has 0 amide bonds. The van der Waals surface area contributed by atoms with E-state index in [1.54, 1.807) is 12.4 Å². The fourth-order valence-electron chi connectivity index (χ4n) is 3.81. The average molecular weight is 304 g/mol. The predicted octanol–water partition coefficient (Wildman–Crippen LogP) is 1.93. The average Bonchev–Trinajstić information content (AvgIpc) is 2.93. The summed E-state index contributed by atoms with van der Waals surface area (Å²) in [6.07, 6.45) is 10.9. The zero-order valence-corrected chi connectivity index (χ0v) is 13.4. The van der Waals surface area contributed by atoms with Gasteiger partial charge in [-0.3, -0.25) is 4.90 Å². The molecule has 1 unspecified atom stereocenters. The van der Waals surface area contributed by atoms with Gasteiger partial charge >= 0.3 is 0 Å². The number of nitrogens with zero attached hydrogens (tertiary/aromatic N) is 4. The smallest absolute Gasteiger partial charge is 0.225 e. The third-order valence-corrected chi connectivity index (χ3v) is 4.97. The summed E-state index contributed by atoms with van der Waals surface area (Å²) in [4.78, 5) is 13.3. The van der Waals surface area contributed by atoms with Crippen LogP contribution in [0.5, 0.6) is 0 Å². The summed E-state index contributed by atoms with van der Waals surface area (Å²) < 4.78 is 0. The Morgan fingerprint density at radius 1 is 1.05 bits per heavy atom. The molecule has 122 valence electrons. The van der Waals surface area contributed by atoms with E-state index in [1.807, 2.05) is 6.07 Å². The Balaban J connectivity index is 1.45. The van der Waals surface area contributed by atoms with E-state index in [9.17, 15) is 5.11 Å². The molecule has 1 saturated heterocycles. The van der Waals surface area contributed by atoms with E-state index in [4.69, 9.17) is 0 Å². The Morgan fingerprint density at radius 3 is 2.59 bits per heavy atom. The lowest BCUT2D eigenvalue weighted by Crippen LogP contribution is -2.36. The van der Waals surface area contributed by atoms with Gasteiger partial charge in [-0.05, 0) is 31.4 Å². The molecule has 0 spiro atoms. The van der Waals surface area contributed by atoms with Gasteiger partial charge in [0.2, 0.25) is 5.95 Å². The maximum absolute atomic E-state index is 10.4. The van der Waals surface area contributed by atoms with Crippen LogP contribution < -0.4 is 4.90 Å². The number of aliphatic hydroxyl groups is 1. The molecule has 1 aromatic heterocycles. The zero-order chi connectivity index (χ0) is 15.2. The quantitative estimate of drug-likeness (QED) is 0.901. The van der Waals surface area contributed by atoms with Crippen LogP contribution in [0.3, 0.4) is 0 Å². The van der Waals surface area contributed by atoms with Crippen molar-refractivity contribution in [3.63, 3.8) is 0 Å². The number of aliphatic hydroxyl groups excluding tert-OH is 1. The third-order valence-electron chi connectivity index (χ3n) is 4.97. The fourth-order valence-corrected chi connectivity index (χ4v) is 3.81. The van der Waals surface area contributed by atoms with Crippen LogP contribution in [0.15, 0.2) is 18.5 Å². The van der Waals surface area contributed by atoms with Crippen LogP contribution in [0.1, 0.15) is 38.5 Å². The minimum atomic E-state index is -0.164. The standard InChI is InChI=1S/C17H28N4O/c22-16(13-15-5-1-2-6-15)14-20-9-4-10-21(12-11-20)17-18-7-3-8-19-17/h3,7-8,15-16,22H,1-2,4-6,9-14H2. The maximum atomic E-state index is 10.4. The summed E-state index contributed by atoms with van der Waals surface area (Å²) in [7, 11) is 0. The highest BCUT2D eigenvalue weighted by Gasteiger charge is 2.22. The van der Waals surface area contributed by atoms with E-state index < -0.39 is 0 Å². The first-order chi connectivity index (χ1) is 10.8. The van der Waals surface area contributed by atoms with Gasteiger partial charge in [-0.2, -0.15) is 0 Å². The zero-order valence-electron chi connectivity index (χ0n) is 13.4. The molecule has 1 aliphatic heterocycles. The molecule has 22 heavy (non-hydrogen) atoms. The molecule has 0 bridgehead atoms. The highest BCUT2D eigenvalue weighted by Crippen LogP contribution is 2.28. The molecule has 5 nitrogen and oxygen atoms in total. The first kappa shape index (κ1) is 15.7. The maximum Gasteiger partial charge on any atom is 0.225 e. The molecule has 1 aromatic rings. The predicted molar refractivity (Wildman–Crippen MR) is 87.9 cm³/mol. The molecule has 3 rings (SSSR count). The van der Waals surface area contributed by atoms with Crippen molar-refractivity contribution in [1.82, 2.24) is 14.9 Å². The highest BCUT2D eigenvalue weighted by atomic mass is 16.3. The molecule has 0 radical (unpaired) electrons. The van der Waals surface area contributed by atoms with Gasteiger partial charge in [0.25, 0.3) is 0 Å². The molecule has 5 heteroatoms. The Kier molecular flexibility index (Phi) is 5.62. The van der Waals surface area contributed by atoms with Crippen molar-refractivity contribution >= 4 is 5.95 Å². The summed E-state index contributed by atoms with van der Waals surface area (Å²) in [6, 6.07) is 1.85. The van der Waals surface area contributed by atoms with Crippen molar-refractivity contribution in [2.45, 2.75) is 44.6 Å². The van der Waals surface area contributed by atoms with Crippen molar-refractivity contribution in [2.75, 3.05) is 37.6 Å². The van der Waals surface area contributed by atoms with Gasteiger partial charge in [-0.25, -0.2) is 9.97 Å². The largest absolute Gasteiger partial charge is 0.392 e. The highest BCUT2D eigenvalue weighted by molar-refractivity contribution is 5.28. The topological polar surface area (TPSA) is 52.5 Å². The van der Waals surface area contributed by atoms with Gasteiger partial charge in [0.15, 0.2) is 0 Å².